The number of carbonyl (C=O) groups is 1. The third kappa shape index (κ3) is 3.46. The first-order valence-electron chi connectivity index (χ1n) is 10.2. The van der Waals surface area contributed by atoms with E-state index in [1.165, 1.54) is 12.0 Å². The lowest BCUT2D eigenvalue weighted by Gasteiger charge is -2.12. The van der Waals surface area contributed by atoms with Crippen LogP contribution in [0.15, 0.2) is 71.9 Å². The number of para-hydroxylation sites is 1. The van der Waals surface area contributed by atoms with Gasteiger partial charge in [0, 0.05) is 23.1 Å². The van der Waals surface area contributed by atoms with Crippen LogP contribution in [0.3, 0.4) is 0 Å². The Bertz CT molecular complexity index is 1130. The first-order chi connectivity index (χ1) is 14.2. The van der Waals surface area contributed by atoms with E-state index in [1.54, 1.807) is 0 Å². The maximum absolute atomic E-state index is 13.0. The molecule has 2 aliphatic carbocycles. The highest BCUT2D eigenvalue weighted by atomic mass is 16.2. The fourth-order valence-corrected chi connectivity index (χ4v) is 4.48. The predicted octanol–water partition coefficient (Wildman–Crippen LogP) is 5.14. The van der Waals surface area contributed by atoms with Crippen molar-refractivity contribution in [3.8, 4) is 11.3 Å². The number of hydrazone groups is 1. The van der Waals surface area contributed by atoms with Gasteiger partial charge in [-0.2, -0.15) is 5.10 Å². The molecule has 1 fully saturated rings. The molecule has 0 saturated heterocycles. The number of pyridine rings is 1. The van der Waals surface area contributed by atoms with Crippen LogP contribution in [0.1, 0.15) is 28.8 Å². The summed E-state index contributed by atoms with van der Waals surface area (Å²) in [5.74, 6) is 1.50. The second kappa shape index (κ2) is 7.28. The van der Waals surface area contributed by atoms with Crippen molar-refractivity contribution in [2.45, 2.75) is 19.8 Å². The molecule has 144 valence electrons. The van der Waals surface area contributed by atoms with Crippen molar-refractivity contribution in [2.24, 2.45) is 22.9 Å². The Hall–Kier alpha value is -3.27. The number of aryl methyl sites for hydroxylation is 1. The van der Waals surface area contributed by atoms with E-state index in [2.05, 4.69) is 41.7 Å². The molecule has 3 aromatic rings. The Morgan fingerprint density at radius 2 is 1.93 bits per heavy atom. The van der Waals surface area contributed by atoms with E-state index in [-0.39, 0.29) is 5.91 Å². The highest BCUT2D eigenvalue weighted by molar-refractivity contribution is 6.07. The summed E-state index contributed by atoms with van der Waals surface area (Å²) in [6.07, 6.45) is 8.87. The summed E-state index contributed by atoms with van der Waals surface area (Å²) in [7, 11) is 0. The molecule has 3 unspecified atom stereocenters. The van der Waals surface area contributed by atoms with Crippen molar-refractivity contribution in [1.29, 1.82) is 0 Å². The van der Waals surface area contributed by atoms with Crippen molar-refractivity contribution >= 4 is 23.0 Å². The SMILES string of the molecule is Cc1ccc(-c2cc(C(=O)N/N=C\C3CC4C=CC3C4)c3ccccc3n2)cc1. The number of hydrogen-bond acceptors (Lipinski definition) is 3. The van der Waals surface area contributed by atoms with Crippen molar-refractivity contribution < 1.29 is 4.79 Å². The van der Waals surface area contributed by atoms with Crippen LogP contribution in [-0.2, 0) is 0 Å². The summed E-state index contributed by atoms with van der Waals surface area (Å²) in [5, 5.41) is 5.12. The van der Waals surface area contributed by atoms with Crippen LogP contribution in [0.5, 0.6) is 0 Å². The van der Waals surface area contributed by atoms with Crippen LogP contribution in [-0.4, -0.2) is 17.1 Å². The number of hydrogen-bond donors (Lipinski definition) is 1. The van der Waals surface area contributed by atoms with Gasteiger partial charge in [0.15, 0.2) is 0 Å². The maximum atomic E-state index is 13.0. The van der Waals surface area contributed by atoms with Gasteiger partial charge in [0.25, 0.3) is 5.91 Å². The van der Waals surface area contributed by atoms with Gasteiger partial charge in [-0.3, -0.25) is 4.79 Å². The summed E-state index contributed by atoms with van der Waals surface area (Å²) >= 11 is 0. The summed E-state index contributed by atoms with van der Waals surface area (Å²) in [6, 6.07) is 17.8. The number of nitrogens with zero attached hydrogens (tertiary/aromatic N) is 2. The Balaban J connectivity index is 1.44. The summed E-state index contributed by atoms with van der Waals surface area (Å²) in [5.41, 5.74) is 7.11. The molecule has 4 heteroatoms. The van der Waals surface area contributed by atoms with Crippen LogP contribution in [0.25, 0.3) is 22.2 Å². The normalized spacial score (nSPS) is 22.6. The fraction of sp³-hybridized carbons (Fsp3) is 0.240. The van der Waals surface area contributed by atoms with Crippen LogP contribution >= 0.6 is 0 Å². The molecule has 1 heterocycles. The van der Waals surface area contributed by atoms with Gasteiger partial charge in [-0.05, 0) is 43.7 Å². The van der Waals surface area contributed by atoms with Gasteiger partial charge < -0.3 is 0 Å². The van der Waals surface area contributed by atoms with Crippen molar-refractivity contribution in [3.05, 3.63) is 77.9 Å². The molecular formula is C25H23N3O. The highest BCUT2D eigenvalue weighted by Crippen LogP contribution is 2.42. The molecule has 1 amide bonds. The van der Waals surface area contributed by atoms with E-state index in [1.807, 2.05) is 48.7 Å². The van der Waals surface area contributed by atoms with Gasteiger partial charge in [-0.25, -0.2) is 10.4 Å². The van der Waals surface area contributed by atoms with E-state index in [0.717, 1.165) is 28.6 Å². The zero-order valence-corrected chi connectivity index (χ0v) is 16.4. The molecule has 4 nitrogen and oxygen atoms in total. The molecular weight excluding hydrogens is 358 g/mol. The molecule has 2 bridgehead atoms. The predicted molar refractivity (Wildman–Crippen MR) is 117 cm³/mol. The van der Waals surface area contributed by atoms with Gasteiger partial charge in [-0.15, -0.1) is 0 Å². The van der Waals surface area contributed by atoms with E-state index in [9.17, 15) is 4.79 Å². The summed E-state index contributed by atoms with van der Waals surface area (Å²) in [6.45, 7) is 2.06. The smallest absolute Gasteiger partial charge is 0.267 e. The minimum absolute atomic E-state index is 0.202. The van der Waals surface area contributed by atoms with Gasteiger partial charge >= 0.3 is 0 Å². The molecule has 3 atom stereocenters. The Morgan fingerprint density at radius 1 is 1.10 bits per heavy atom. The van der Waals surface area contributed by atoms with Crippen molar-refractivity contribution in [3.63, 3.8) is 0 Å². The third-order valence-electron chi connectivity index (χ3n) is 6.07. The number of benzene rings is 2. The number of rotatable bonds is 4. The van der Waals surface area contributed by atoms with Gasteiger partial charge in [0.05, 0.1) is 16.8 Å². The minimum Gasteiger partial charge on any atom is -0.267 e. The zero-order chi connectivity index (χ0) is 19.8. The second-order valence-electron chi connectivity index (χ2n) is 8.10. The number of nitrogens with one attached hydrogen (secondary N) is 1. The van der Waals surface area contributed by atoms with Gasteiger partial charge in [-0.1, -0.05) is 60.2 Å². The number of amides is 1. The Labute approximate surface area is 170 Å². The largest absolute Gasteiger partial charge is 0.272 e. The average molecular weight is 381 g/mol. The molecule has 1 aromatic heterocycles. The van der Waals surface area contributed by atoms with Crippen molar-refractivity contribution in [1.82, 2.24) is 10.4 Å². The molecule has 0 spiro atoms. The quantitative estimate of drug-likeness (QED) is 0.387. The van der Waals surface area contributed by atoms with Crippen LogP contribution < -0.4 is 5.43 Å². The van der Waals surface area contributed by atoms with Gasteiger partial charge in [0.2, 0.25) is 0 Å². The monoisotopic (exact) mass is 381 g/mol. The lowest BCUT2D eigenvalue weighted by molar-refractivity contribution is 0.0956. The summed E-state index contributed by atoms with van der Waals surface area (Å²) in [4.78, 5) is 17.7. The van der Waals surface area contributed by atoms with Crippen LogP contribution in [0, 0.1) is 24.7 Å². The number of allylic oxidation sites excluding steroid dienone is 2. The first kappa shape index (κ1) is 17.8. The van der Waals surface area contributed by atoms with E-state index in [0.29, 0.717) is 23.3 Å². The van der Waals surface area contributed by atoms with Crippen LogP contribution in [0.4, 0.5) is 0 Å². The topological polar surface area (TPSA) is 54.4 Å². The summed E-state index contributed by atoms with van der Waals surface area (Å²) < 4.78 is 0. The third-order valence-corrected chi connectivity index (χ3v) is 6.07. The molecule has 1 N–H and O–H groups in total. The standard InChI is InChI=1S/C25H23N3O/c1-16-6-9-18(10-7-16)24-14-22(21-4-2-3-5-23(21)27-24)25(29)28-26-15-20-13-17-8-11-19(20)12-17/h2-11,14-15,17,19-20H,12-13H2,1H3,(H,28,29)/b26-15-. The maximum Gasteiger partial charge on any atom is 0.272 e. The van der Waals surface area contributed by atoms with E-state index < -0.39 is 0 Å². The minimum atomic E-state index is -0.202. The Morgan fingerprint density at radius 3 is 2.69 bits per heavy atom. The molecule has 0 radical (unpaired) electrons. The molecule has 2 aromatic carbocycles. The number of fused-ring (bicyclic) bond motifs is 3. The van der Waals surface area contributed by atoms with E-state index in [4.69, 9.17) is 4.98 Å². The second-order valence-corrected chi connectivity index (χ2v) is 8.10. The molecule has 0 aliphatic heterocycles. The fourth-order valence-electron chi connectivity index (χ4n) is 4.48. The van der Waals surface area contributed by atoms with Crippen LogP contribution in [0.2, 0.25) is 0 Å². The average Bonchev–Trinajstić information content (AvgIpc) is 3.37. The van der Waals surface area contributed by atoms with E-state index >= 15 is 0 Å². The molecule has 5 rings (SSSR count). The Kier molecular flexibility index (Phi) is 4.47. The molecule has 1 saturated carbocycles. The van der Waals surface area contributed by atoms with Gasteiger partial charge in [0.1, 0.15) is 0 Å². The zero-order valence-electron chi connectivity index (χ0n) is 16.4. The number of aromatic nitrogens is 1. The molecule has 29 heavy (non-hydrogen) atoms. The lowest BCUT2D eigenvalue weighted by atomic mass is 9.95. The van der Waals surface area contributed by atoms with Crippen molar-refractivity contribution in [2.75, 3.05) is 0 Å². The lowest BCUT2D eigenvalue weighted by Crippen LogP contribution is -2.20. The molecule has 2 aliphatic rings. The first-order valence-corrected chi connectivity index (χ1v) is 10.2. The highest BCUT2D eigenvalue weighted by Gasteiger charge is 2.34. The number of carbonyl (C=O) groups excluding carboxylic acids is 1.